The molecule has 0 atom stereocenters. The number of nitrogens with zero attached hydrogens (tertiary/aromatic N) is 1. The van der Waals surface area contributed by atoms with Gasteiger partial charge in [0.05, 0.1) is 6.54 Å². The van der Waals surface area contributed by atoms with Gasteiger partial charge in [0.1, 0.15) is 0 Å². The van der Waals surface area contributed by atoms with Gasteiger partial charge in [-0.25, -0.2) is 0 Å². The molecule has 0 unspecified atom stereocenters. The molecule has 0 saturated carbocycles. The molecular weight excluding hydrogens is 392 g/mol. The first-order chi connectivity index (χ1) is 15.0. The summed E-state index contributed by atoms with van der Waals surface area (Å²) in [6.07, 6.45) is 0. The van der Waals surface area contributed by atoms with Crippen molar-refractivity contribution in [1.29, 1.82) is 0 Å². The molecular formula is C24H24N4O3. The third-order valence-electron chi connectivity index (χ3n) is 4.65. The molecule has 0 radical (unpaired) electrons. The van der Waals surface area contributed by atoms with Crippen LogP contribution < -0.4 is 20.9 Å². The van der Waals surface area contributed by atoms with Gasteiger partial charge in [0.2, 0.25) is 5.91 Å². The predicted octanol–water partition coefficient (Wildman–Crippen LogP) is 3.37. The number of carbonyl (C=O) groups is 3. The van der Waals surface area contributed by atoms with Crippen LogP contribution in [0.25, 0.3) is 0 Å². The van der Waals surface area contributed by atoms with Gasteiger partial charge in [-0.1, -0.05) is 30.3 Å². The van der Waals surface area contributed by atoms with E-state index in [0.29, 0.717) is 22.5 Å². The molecule has 0 bridgehead atoms. The van der Waals surface area contributed by atoms with Crippen LogP contribution in [0.4, 0.5) is 17.1 Å². The Morgan fingerprint density at radius 2 is 1.45 bits per heavy atom. The number of carbonyl (C=O) groups excluding carboxylic acids is 3. The second-order valence-electron chi connectivity index (χ2n) is 6.84. The van der Waals surface area contributed by atoms with Gasteiger partial charge in [-0.2, -0.15) is 0 Å². The summed E-state index contributed by atoms with van der Waals surface area (Å²) in [4.78, 5) is 38.4. The van der Waals surface area contributed by atoms with Gasteiger partial charge in [0.15, 0.2) is 0 Å². The van der Waals surface area contributed by atoms with Crippen LogP contribution in [0.2, 0.25) is 0 Å². The smallest absolute Gasteiger partial charge is 0.258 e. The zero-order valence-corrected chi connectivity index (χ0v) is 17.4. The molecule has 3 amide bonds. The van der Waals surface area contributed by atoms with Crippen molar-refractivity contribution >= 4 is 34.8 Å². The van der Waals surface area contributed by atoms with Crippen molar-refractivity contribution in [2.24, 2.45) is 0 Å². The number of para-hydroxylation sites is 1. The highest BCUT2D eigenvalue weighted by molar-refractivity contribution is 6.06. The summed E-state index contributed by atoms with van der Waals surface area (Å²) >= 11 is 0. The molecule has 3 aromatic rings. The van der Waals surface area contributed by atoms with E-state index in [-0.39, 0.29) is 24.3 Å². The molecule has 158 valence electrons. The van der Waals surface area contributed by atoms with E-state index in [9.17, 15) is 14.4 Å². The number of rotatable bonds is 7. The highest BCUT2D eigenvalue weighted by atomic mass is 16.2. The summed E-state index contributed by atoms with van der Waals surface area (Å²) in [7, 11) is 3.27. The first-order valence-corrected chi connectivity index (χ1v) is 9.77. The molecule has 0 aliphatic rings. The summed E-state index contributed by atoms with van der Waals surface area (Å²) in [6.45, 7) is 0.0103. The van der Waals surface area contributed by atoms with Gasteiger partial charge < -0.3 is 20.9 Å². The Hall–Kier alpha value is -4.13. The number of hydrogen-bond donors (Lipinski definition) is 3. The Labute approximate surface area is 181 Å². The molecule has 0 spiro atoms. The third kappa shape index (κ3) is 5.70. The van der Waals surface area contributed by atoms with Crippen molar-refractivity contribution in [2.75, 3.05) is 36.2 Å². The van der Waals surface area contributed by atoms with E-state index in [1.54, 1.807) is 67.5 Å². The fraction of sp³-hybridized carbons (Fsp3) is 0.125. The zero-order valence-electron chi connectivity index (χ0n) is 17.4. The summed E-state index contributed by atoms with van der Waals surface area (Å²) in [5, 5.41) is 8.32. The van der Waals surface area contributed by atoms with Crippen LogP contribution >= 0.6 is 0 Å². The third-order valence-corrected chi connectivity index (χ3v) is 4.65. The quantitative estimate of drug-likeness (QED) is 0.551. The predicted molar refractivity (Wildman–Crippen MR) is 123 cm³/mol. The van der Waals surface area contributed by atoms with Crippen molar-refractivity contribution < 1.29 is 14.4 Å². The van der Waals surface area contributed by atoms with Gasteiger partial charge in [-0.05, 0) is 48.5 Å². The van der Waals surface area contributed by atoms with Gasteiger partial charge in [-0.3, -0.25) is 14.4 Å². The minimum atomic E-state index is -0.271. The number of nitrogens with one attached hydrogen (secondary N) is 3. The zero-order chi connectivity index (χ0) is 22.2. The minimum absolute atomic E-state index is 0.0103. The summed E-state index contributed by atoms with van der Waals surface area (Å²) in [6, 6.07) is 23.1. The molecule has 3 rings (SSSR count). The standard InChI is InChI=1S/C24H24N4O3/c1-25-23(30)17-8-6-11-20(14-17)27-22(29)16-26-19-10-7-9-18(15-19)24(31)28(2)21-12-4-3-5-13-21/h3-15,26H,16H2,1-2H3,(H,25,30)(H,27,29). The average molecular weight is 416 g/mol. The van der Waals surface area contributed by atoms with E-state index >= 15 is 0 Å². The van der Waals surface area contributed by atoms with Crippen molar-refractivity contribution in [1.82, 2.24) is 5.32 Å². The Morgan fingerprint density at radius 1 is 0.806 bits per heavy atom. The van der Waals surface area contributed by atoms with Gasteiger partial charge >= 0.3 is 0 Å². The van der Waals surface area contributed by atoms with Crippen LogP contribution in [-0.2, 0) is 4.79 Å². The van der Waals surface area contributed by atoms with Crippen molar-refractivity contribution in [3.63, 3.8) is 0 Å². The number of anilines is 3. The Morgan fingerprint density at radius 3 is 2.16 bits per heavy atom. The highest BCUT2D eigenvalue weighted by Gasteiger charge is 2.14. The molecule has 7 nitrogen and oxygen atoms in total. The summed E-state index contributed by atoms with van der Waals surface area (Å²) < 4.78 is 0. The number of amides is 3. The lowest BCUT2D eigenvalue weighted by atomic mass is 10.1. The maximum absolute atomic E-state index is 12.8. The fourth-order valence-corrected chi connectivity index (χ4v) is 2.99. The number of hydrogen-bond acceptors (Lipinski definition) is 4. The molecule has 0 saturated heterocycles. The molecule has 7 heteroatoms. The topological polar surface area (TPSA) is 90.5 Å². The first-order valence-electron chi connectivity index (χ1n) is 9.77. The van der Waals surface area contributed by atoms with E-state index in [2.05, 4.69) is 16.0 Å². The first kappa shape index (κ1) is 21.6. The largest absolute Gasteiger partial charge is 0.376 e. The van der Waals surface area contributed by atoms with Crippen LogP contribution in [0, 0.1) is 0 Å². The van der Waals surface area contributed by atoms with Gasteiger partial charge in [0.25, 0.3) is 11.8 Å². The van der Waals surface area contributed by atoms with Crippen molar-refractivity contribution in [3.05, 3.63) is 90.0 Å². The van der Waals surface area contributed by atoms with Crippen molar-refractivity contribution in [3.8, 4) is 0 Å². The van der Waals surface area contributed by atoms with Crippen LogP contribution in [0.5, 0.6) is 0 Å². The second kappa shape index (κ2) is 10.1. The Bertz CT molecular complexity index is 1080. The number of benzene rings is 3. The van der Waals surface area contributed by atoms with Crippen LogP contribution in [0.1, 0.15) is 20.7 Å². The molecule has 0 aliphatic carbocycles. The van der Waals surface area contributed by atoms with Gasteiger partial charge in [0, 0.05) is 42.3 Å². The maximum atomic E-state index is 12.8. The molecule has 31 heavy (non-hydrogen) atoms. The van der Waals surface area contributed by atoms with E-state index in [0.717, 1.165) is 5.69 Å². The second-order valence-corrected chi connectivity index (χ2v) is 6.84. The molecule has 0 aromatic heterocycles. The lowest BCUT2D eigenvalue weighted by Crippen LogP contribution is -2.26. The maximum Gasteiger partial charge on any atom is 0.258 e. The van der Waals surface area contributed by atoms with E-state index in [4.69, 9.17) is 0 Å². The van der Waals surface area contributed by atoms with Crippen LogP contribution in [-0.4, -0.2) is 38.4 Å². The molecule has 0 aliphatic heterocycles. The fourth-order valence-electron chi connectivity index (χ4n) is 2.99. The van der Waals surface area contributed by atoms with Gasteiger partial charge in [-0.15, -0.1) is 0 Å². The van der Waals surface area contributed by atoms with Crippen LogP contribution in [0.15, 0.2) is 78.9 Å². The van der Waals surface area contributed by atoms with E-state index in [1.807, 2.05) is 30.3 Å². The molecule has 3 N–H and O–H groups in total. The lowest BCUT2D eigenvalue weighted by Gasteiger charge is -2.18. The molecule has 0 heterocycles. The van der Waals surface area contributed by atoms with E-state index in [1.165, 1.54) is 0 Å². The lowest BCUT2D eigenvalue weighted by molar-refractivity contribution is -0.114. The Balaban J connectivity index is 1.60. The van der Waals surface area contributed by atoms with E-state index < -0.39 is 0 Å². The average Bonchev–Trinajstić information content (AvgIpc) is 2.82. The SMILES string of the molecule is CNC(=O)c1cccc(NC(=O)CNc2cccc(C(=O)N(C)c3ccccc3)c2)c1. The summed E-state index contributed by atoms with van der Waals surface area (Å²) in [5.74, 6) is -0.645. The normalized spacial score (nSPS) is 10.1. The molecule has 0 fully saturated rings. The van der Waals surface area contributed by atoms with Crippen LogP contribution in [0.3, 0.4) is 0 Å². The monoisotopic (exact) mass is 416 g/mol. The van der Waals surface area contributed by atoms with Crippen molar-refractivity contribution in [2.45, 2.75) is 0 Å². The molecule has 3 aromatic carbocycles. The highest BCUT2D eigenvalue weighted by Crippen LogP contribution is 2.17. The minimum Gasteiger partial charge on any atom is -0.376 e. The summed E-state index contributed by atoms with van der Waals surface area (Å²) in [5.41, 5.74) is 2.95. The Kier molecular flexibility index (Phi) is 7.01.